The molecule has 0 saturated carbocycles. The highest BCUT2D eigenvalue weighted by Gasteiger charge is 2.44. The van der Waals surface area contributed by atoms with Crippen LogP contribution in [0.15, 0.2) is 0 Å². The van der Waals surface area contributed by atoms with Gasteiger partial charge < -0.3 is 36.2 Å². The second-order valence-electron chi connectivity index (χ2n) is 3.26. The average molecular weight is 222 g/mol. The zero-order valence-electron chi connectivity index (χ0n) is 7.78. The third-order valence-corrected chi connectivity index (χ3v) is 2.21. The predicted molar refractivity (Wildman–Crippen MR) is 46.5 cm³/mol. The summed E-state index contributed by atoms with van der Waals surface area (Å²) in [5, 5.41) is 39.0. The standard InChI is InChI=1S/C7H14N2O6/c8-7(14)9-3-5(12)4(11)2(1-10)15-6(3)13/h2-6,10-13H,1H2,(H3,8,9,14)/t2-,3+,4+,5-,6-/m1/s1. The van der Waals surface area contributed by atoms with Crippen molar-refractivity contribution < 1.29 is 30.0 Å². The van der Waals surface area contributed by atoms with Gasteiger partial charge in [0.15, 0.2) is 6.29 Å². The van der Waals surface area contributed by atoms with Crippen molar-refractivity contribution in [3.05, 3.63) is 0 Å². The van der Waals surface area contributed by atoms with Gasteiger partial charge in [0.25, 0.3) is 0 Å². The Kier molecular flexibility index (Phi) is 3.83. The number of hydrogen-bond donors (Lipinski definition) is 6. The molecule has 0 aliphatic carbocycles. The van der Waals surface area contributed by atoms with Crippen LogP contribution in [0.4, 0.5) is 4.79 Å². The molecule has 88 valence electrons. The fourth-order valence-corrected chi connectivity index (χ4v) is 1.42. The molecule has 2 amide bonds. The summed E-state index contributed by atoms with van der Waals surface area (Å²) in [6.07, 6.45) is -5.50. The molecular weight excluding hydrogens is 208 g/mol. The monoisotopic (exact) mass is 222 g/mol. The van der Waals surface area contributed by atoms with E-state index in [4.69, 9.17) is 15.6 Å². The van der Waals surface area contributed by atoms with Crippen molar-refractivity contribution >= 4 is 6.03 Å². The van der Waals surface area contributed by atoms with Crippen LogP contribution < -0.4 is 11.1 Å². The van der Waals surface area contributed by atoms with Gasteiger partial charge in [-0.05, 0) is 0 Å². The molecule has 1 rings (SSSR count). The molecule has 0 aromatic carbocycles. The summed E-state index contributed by atoms with van der Waals surface area (Å²) in [5.41, 5.74) is 4.80. The highest BCUT2D eigenvalue weighted by Crippen LogP contribution is 2.19. The van der Waals surface area contributed by atoms with E-state index < -0.39 is 43.3 Å². The van der Waals surface area contributed by atoms with Crippen molar-refractivity contribution in [2.24, 2.45) is 5.73 Å². The smallest absolute Gasteiger partial charge is 0.312 e. The number of urea groups is 1. The number of rotatable bonds is 2. The summed E-state index contributed by atoms with van der Waals surface area (Å²) < 4.78 is 4.76. The Morgan fingerprint density at radius 1 is 1.33 bits per heavy atom. The first kappa shape index (κ1) is 12.1. The van der Waals surface area contributed by atoms with E-state index in [2.05, 4.69) is 0 Å². The molecule has 8 nitrogen and oxygen atoms in total. The van der Waals surface area contributed by atoms with Crippen LogP contribution in [-0.2, 0) is 4.74 Å². The second-order valence-corrected chi connectivity index (χ2v) is 3.26. The maximum atomic E-state index is 10.5. The summed E-state index contributed by atoms with van der Waals surface area (Å²) in [6, 6.07) is -2.18. The Labute approximate surface area is 85.3 Å². The Hall–Kier alpha value is -0.930. The Morgan fingerprint density at radius 3 is 2.40 bits per heavy atom. The van der Waals surface area contributed by atoms with Gasteiger partial charge in [-0.15, -0.1) is 0 Å². The third-order valence-electron chi connectivity index (χ3n) is 2.21. The quantitative estimate of drug-likeness (QED) is 0.285. The molecule has 7 N–H and O–H groups in total. The zero-order chi connectivity index (χ0) is 11.6. The van der Waals surface area contributed by atoms with Crippen molar-refractivity contribution in [2.75, 3.05) is 6.61 Å². The van der Waals surface area contributed by atoms with E-state index in [0.717, 1.165) is 0 Å². The Bertz CT molecular complexity index is 238. The highest BCUT2D eigenvalue weighted by atomic mass is 16.6. The van der Waals surface area contributed by atoms with E-state index in [0.29, 0.717) is 0 Å². The van der Waals surface area contributed by atoms with Crippen LogP contribution >= 0.6 is 0 Å². The van der Waals surface area contributed by atoms with E-state index >= 15 is 0 Å². The predicted octanol–water partition coefficient (Wildman–Crippen LogP) is -3.55. The first-order valence-electron chi connectivity index (χ1n) is 4.34. The maximum Gasteiger partial charge on any atom is 0.312 e. The van der Waals surface area contributed by atoms with E-state index in [-0.39, 0.29) is 0 Å². The van der Waals surface area contributed by atoms with Gasteiger partial charge in [0.1, 0.15) is 24.4 Å². The van der Waals surface area contributed by atoms with E-state index in [9.17, 15) is 20.1 Å². The van der Waals surface area contributed by atoms with Crippen molar-refractivity contribution in [3.63, 3.8) is 0 Å². The molecule has 0 unspecified atom stereocenters. The molecule has 0 spiro atoms. The van der Waals surface area contributed by atoms with Crippen LogP contribution in [0.2, 0.25) is 0 Å². The topological polar surface area (TPSA) is 145 Å². The number of carbonyl (C=O) groups is 1. The number of hydrogen-bond acceptors (Lipinski definition) is 6. The van der Waals surface area contributed by atoms with Gasteiger partial charge in [-0.3, -0.25) is 0 Å². The molecule has 1 fully saturated rings. The van der Waals surface area contributed by atoms with Gasteiger partial charge in [0, 0.05) is 0 Å². The molecule has 1 heterocycles. The summed E-state index contributed by atoms with van der Waals surface area (Å²) in [5.74, 6) is 0. The molecule has 15 heavy (non-hydrogen) atoms. The lowest BCUT2D eigenvalue weighted by Crippen LogP contribution is -2.64. The maximum absolute atomic E-state index is 10.5. The first-order chi connectivity index (χ1) is 6.97. The molecule has 1 saturated heterocycles. The number of aliphatic hydroxyl groups excluding tert-OH is 4. The normalized spacial score (nSPS) is 41.2. The molecule has 0 aromatic heterocycles. The molecule has 0 bridgehead atoms. The lowest BCUT2D eigenvalue weighted by molar-refractivity contribution is -0.252. The van der Waals surface area contributed by atoms with Crippen LogP contribution in [0.5, 0.6) is 0 Å². The van der Waals surface area contributed by atoms with Crippen molar-refractivity contribution in [1.82, 2.24) is 5.32 Å². The van der Waals surface area contributed by atoms with Crippen LogP contribution in [0.1, 0.15) is 0 Å². The van der Waals surface area contributed by atoms with Crippen LogP contribution in [0, 0.1) is 0 Å². The van der Waals surface area contributed by atoms with Crippen molar-refractivity contribution in [2.45, 2.75) is 30.6 Å². The molecular formula is C7H14N2O6. The van der Waals surface area contributed by atoms with E-state index in [1.54, 1.807) is 0 Å². The number of nitrogens with one attached hydrogen (secondary N) is 1. The van der Waals surface area contributed by atoms with Crippen LogP contribution in [0.3, 0.4) is 0 Å². The summed E-state index contributed by atoms with van der Waals surface area (Å²) in [4.78, 5) is 10.5. The lowest BCUT2D eigenvalue weighted by Gasteiger charge is -2.39. The van der Waals surface area contributed by atoms with Crippen molar-refractivity contribution in [1.29, 1.82) is 0 Å². The number of amides is 2. The number of aliphatic hydroxyl groups is 4. The summed E-state index contributed by atoms with van der Waals surface area (Å²) in [7, 11) is 0. The number of nitrogens with two attached hydrogens (primary N) is 1. The van der Waals surface area contributed by atoms with Crippen LogP contribution in [0.25, 0.3) is 0 Å². The van der Waals surface area contributed by atoms with Gasteiger partial charge in [0.05, 0.1) is 6.61 Å². The van der Waals surface area contributed by atoms with Crippen molar-refractivity contribution in [3.8, 4) is 0 Å². The Balaban J connectivity index is 2.70. The first-order valence-corrected chi connectivity index (χ1v) is 4.34. The van der Waals surface area contributed by atoms with Gasteiger partial charge in [-0.25, -0.2) is 4.79 Å². The summed E-state index contributed by atoms with van der Waals surface area (Å²) in [6.45, 7) is -0.557. The number of ether oxygens (including phenoxy) is 1. The molecule has 1 aliphatic heterocycles. The second kappa shape index (κ2) is 4.73. The minimum absolute atomic E-state index is 0.557. The number of carbonyl (C=O) groups excluding carboxylic acids is 1. The third kappa shape index (κ3) is 2.55. The minimum Gasteiger partial charge on any atom is -0.394 e. The zero-order valence-corrected chi connectivity index (χ0v) is 7.78. The summed E-state index contributed by atoms with van der Waals surface area (Å²) >= 11 is 0. The molecule has 0 radical (unpaired) electrons. The minimum atomic E-state index is -1.53. The fraction of sp³-hybridized carbons (Fsp3) is 0.857. The highest BCUT2D eigenvalue weighted by molar-refractivity contribution is 5.72. The Morgan fingerprint density at radius 2 is 1.93 bits per heavy atom. The average Bonchev–Trinajstić information content (AvgIpc) is 2.18. The van der Waals surface area contributed by atoms with Gasteiger partial charge in [-0.1, -0.05) is 0 Å². The largest absolute Gasteiger partial charge is 0.394 e. The fourth-order valence-electron chi connectivity index (χ4n) is 1.42. The SMILES string of the molecule is NC(=O)N[C@H]1[C@@H](O)[C@@H](O)[C@@H](CO)O[C@H]1O. The van der Waals surface area contributed by atoms with E-state index in [1.165, 1.54) is 0 Å². The van der Waals surface area contributed by atoms with Gasteiger partial charge >= 0.3 is 6.03 Å². The molecule has 1 aliphatic rings. The molecule has 0 aromatic rings. The van der Waals surface area contributed by atoms with Crippen LogP contribution in [-0.4, -0.2) is 63.7 Å². The number of primary amides is 1. The van der Waals surface area contributed by atoms with E-state index in [1.807, 2.05) is 5.32 Å². The van der Waals surface area contributed by atoms with Gasteiger partial charge in [-0.2, -0.15) is 0 Å². The lowest BCUT2D eigenvalue weighted by atomic mass is 9.97. The molecule has 5 atom stereocenters. The molecule has 8 heteroatoms. The van der Waals surface area contributed by atoms with Gasteiger partial charge in [0.2, 0.25) is 0 Å².